The van der Waals surface area contributed by atoms with Gasteiger partial charge in [0, 0.05) is 37.7 Å². The van der Waals surface area contributed by atoms with Crippen molar-refractivity contribution in [2.24, 2.45) is 0 Å². The molecule has 2 N–H and O–H groups in total. The highest BCUT2D eigenvalue weighted by Gasteiger charge is 2.02. The SMILES string of the molecule is O=C(CCCCCC(=O)NCCCl)NCCCl. The van der Waals surface area contributed by atoms with Crippen molar-refractivity contribution in [1.29, 1.82) is 0 Å². The lowest BCUT2D eigenvalue weighted by molar-refractivity contribution is -0.121. The molecule has 2 amide bonds. The highest BCUT2D eigenvalue weighted by molar-refractivity contribution is 6.18. The van der Waals surface area contributed by atoms with Gasteiger partial charge in [-0.1, -0.05) is 6.42 Å². The minimum Gasteiger partial charge on any atom is -0.355 e. The van der Waals surface area contributed by atoms with E-state index in [4.69, 9.17) is 23.2 Å². The fourth-order valence-electron chi connectivity index (χ4n) is 1.30. The minimum atomic E-state index is 0.0252. The molecule has 0 saturated carbocycles. The largest absolute Gasteiger partial charge is 0.355 e. The molecule has 0 aliphatic heterocycles. The van der Waals surface area contributed by atoms with Crippen molar-refractivity contribution in [3.8, 4) is 0 Å². The second-order valence-electron chi connectivity index (χ2n) is 3.64. The molecule has 0 saturated heterocycles. The van der Waals surface area contributed by atoms with Crippen LogP contribution in [-0.2, 0) is 9.59 Å². The van der Waals surface area contributed by atoms with E-state index in [1.807, 2.05) is 0 Å². The second kappa shape index (κ2) is 12.0. The van der Waals surface area contributed by atoms with Crippen LogP contribution in [0, 0.1) is 0 Å². The molecular formula is C11H20Cl2N2O2. The fourth-order valence-corrected chi connectivity index (χ4v) is 1.49. The highest BCUT2D eigenvalue weighted by atomic mass is 35.5. The third-order valence-electron chi connectivity index (χ3n) is 2.14. The molecular weight excluding hydrogens is 263 g/mol. The number of halogens is 2. The molecule has 0 atom stereocenters. The Balaban J connectivity index is 3.28. The van der Waals surface area contributed by atoms with E-state index in [9.17, 15) is 9.59 Å². The summed E-state index contributed by atoms with van der Waals surface area (Å²) in [5, 5.41) is 5.39. The third-order valence-corrected chi connectivity index (χ3v) is 2.52. The number of carbonyl (C=O) groups is 2. The summed E-state index contributed by atoms with van der Waals surface area (Å²) in [6.45, 7) is 1.03. The van der Waals surface area contributed by atoms with Crippen molar-refractivity contribution in [3.63, 3.8) is 0 Å². The number of rotatable bonds is 10. The summed E-state index contributed by atoms with van der Waals surface area (Å²) < 4.78 is 0. The molecule has 0 spiro atoms. The quantitative estimate of drug-likeness (QED) is 0.473. The molecule has 4 nitrogen and oxygen atoms in total. The van der Waals surface area contributed by atoms with Crippen LogP contribution in [-0.4, -0.2) is 36.7 Å². The van der Waals surface area contributed by atoms with Gasteiger partial charge in [0.2, 0.25) is 11.8 Å². The number of alkyl halides is 2. The van der Waals surface area contributed by atoms with Gasteiger partial charge in [0.15, 0.2) is 0 Å². The van der Waals surface area contributed by atoms with Crippen LogP contribution in [0.5, 0.6) is 0 Å². The van der Waals surface area contributed by atoms with Crippen LogP contribution in [0.4, 0.5) is 0 Å². The van der Waals surface area contributed by atoms with Gasteiger partial charge in [-0.3, -0.25) is 9.59 Å². The van der Waals surface area contributed by atoms with E-state index in [-0.39, 0.29) is 11.8 Å². The molecule has 0 aromatic rings. The van der Waals surface area contributed by atoms with E-state index < -0.39 is 0 Å². The fraction of sp³-hybridized carbons (Fsp3) is 0.818. The molecule has 0 aliphatic carbocycles. The second-order valence-corrected chi connectivity index (χ2v) is 4.39. The van der Waals surface area contributed by atoms with Crippen molar-refractivity contribution >= 4 is 35.0 Å². The number of hydrogen-bond donors (Lipinski definition) is 2. The molecule has 0 rings (SSSR count). The topological polar surface area (TPSA) is 58.2 Å². The van der Waals surface area contributed by atoms with E-state index in [0.717, 1.165) is 19.3 Å². The van der Waals surface area contributed by atoms with Crippen LogP contribution in [0.1, 0.15) is 32.1 Å². The van der Waals surface area contributed by atoms with E-state index in [2.05, 4.69) is 10.6 Å². The summed E-state index contributed by atoms with van der Waals surface area (Å²) in [4.78, 5) is 22.4. The number of hydrogen-bond acceptors (Lipinski definition) is 2. The molecule has 0 fully saturated rings. The van der Waals surface area contributed by atoms with E-state index in [1.165, 1.54) is 0 Å². The highest BCUT2D eigenvalue weighted by Crippen LogP contribution is 2.02. The molecule has 6 heteroatoms. The predicted octanol–water partition coefficient (Wildman–Crippen LogP) is 1.65. The zero-order valence-electron chi connectivity index (χ0n) is 9.94. The first kappa shape index (κ1) is 16.5. The maximum absolute atomic E-state index is 11.2. The number of unbranched alkanes of at least 4 members (excludes halogenated alkanes) is 2. The van der Waals surface area contributed by atoms with Crippen molar-refractivity contribution in [1.82, 2.24) is 10.6 Å². The average Bonchev–Trinajstić information content (AvgIpc) is 2.33. The molecule has 17 heavy (non-hydrogen) atoms. The van der Waals surface area contributed by atoms with E-state index in [0.29, 0.717) is 37.7 Å². The van der Waals surface area contributed by atoms with Gasteiger partial charge in [-0.2, -0.15) is 0 Å². The number of amides is 2. The summed E-state index contributed by atoms with van der Waals surface area (Å²) in [6.07, 6.45) is 3.48. The lowest BCUT2D eigenvalue weighted by atomic mass is 10.1. The van der Waals surface area contributed by atoms with Crippen molar-refractivity contribution in [2.45, 2.75) is 32.1 Å². The molecule has 100 valence electrons. The Hall–Kier alpha value is -0.480. The molecule has 0 bridgehead atoms. The Morgan fingerprint density at radius 2 is 1.18 bits per heavy atom. The molecule has 0 aromatic heterocycles. The van der Waals surface area contributed by atoms with Gasteiger partial charge in [-0.05, 0) is 12.8 Å². The van der Waals surface area contributed by atoms with Crippen LogP contribution in [0.25, 0.3) is 0 Å². The molecule has 0 aliphatic rings. The van der Waals surface area contributed by atoms with Gasteiger partial charge in [0.1, 0.15) is 0 Å². The summed E-state index contributed by atoms with van der Waals surface area (Å²) in [5.74, 6) is 0.924. The Labute approximate surface area is 112 Å². The molecule has 0 aromatic carbocycles. The first-order chi connectivity index (χ1) is 8.20. The number of carbonyl (C=O) groups excluding carboxylic acids is 2. The lowest BCUT2D eigenvalue weighted by Gasteiger charge is -2.04. The van der Waals surface area contributed by atoms with Crippen molar-refractivity contribution < 1.29 is 9.59 Å². The van der Waals surface area contributed by atoms with Crippen LogP contribution in [0.2, 0.25) is 0 Å². The van der Waals surface area contributed by atoms with Crippen molar-refractivity contribution in [3.05, 3.63) is 0 Å². The lowest BCUT2D eigenvalue weighted by Crippen LogP contribution is -2.25. The summed E-state index contributed by atoms with van der Waals surface area (Å²) in [5.41, 5.74) is 0. The van der Waals surface area contributed by atoms with Crippen LogP contribution < -0.4 is 10.6 Å². The third kappa shape index (κ3) is 11.8. The average molecular weight is 283 g/mol. The van der Waals surface area contributed by atoms with Gasteiger partial charge in [0.25, 0.3) is 0 Å². The summed E-state index contributed by atoms with van der Waals surface area (Å²) in [7, 11) is 0. The predicted molar refractivity (Wildman–Crippen MR) is 70.5 cm³/mol. The van der Waals surface area contributed by atoms with Gasteiger partial charge in [-0.15, -0.1) is 23.2 Å². The zero-order chi connectivity index (χ0) is 12.9. The summed E-state index contributed by atoms with van der Waals surface area (Å²) >= 11 is 10.9. The monoisotopic (exact) mass is 282 g/mol. The Morgan fingerprint density at radius 1 is 0.765 bits per heavy atom. The number of nitrogens with one attached hydrogen (secondary N) is 2. The Kier molecular flexibility index (Phi) is 11.7. The summed E-state index contributed by atoms with van der Waals surface area (Å²) in [6, 6.07) is 0. The van der Waals surface area contributed by atoms with Crippen LogP contribution in [0.15, 0.2) is 0 Å². The van der Waals surface area contributed by atoms with Crippen molar-refractivity contribution in [2.75, 3.05) is 24.8 Å². The normalized spacial score (nSPS) is 10.0. The van der Waals surface area contributed by atoms with Gasteiger partial charge in [0.05, 0.1) is 0 Å². The smallest absolute Gasteiger partial charge is 0.220 e. The molecule has 0 radical (unpaired) electrons. The van der Waals surface area contributed by atoms with Gasteiger partial charge >= 0.3 is 0 Å². The first-order valence-corrected chi connectivity index (χ1v) is 6.93. The van der Waals surface area contributed by atoms with E-state index in [1.54, 1.807) is 0 Å². The molecule has 0 heterocycles. The maximum atomic E-state index is 11.2. The van der Waals surface area contributed by atoms with Crippen LogP contribution >= 0.6 is 23.2 Å². The van der Waals surface area contributed by atoms with E-state index >= 15 is 0 Å². The maximum Gasteiger partial charge on any atom is 0.220 e. The Morgan fingerprint density at radius 3 is 1.53 bits per heavy atom. The Bertz CT molecular complexity index is 204. The standard InChI is InChI=1S/C11H20Cl2N2O2/c12-6-8-14-10(16)4-2-1-3-5-11(17)15-9-7-13/h1-9H2,(H,14,16)(H,15,17). The first-order valence-electron chi connectivity index (χ1n) is 5.86. The molecule has 0 unspecified atom stereocenters. The van der Waals surface area contributed by atoms with Gasteiger partial charge in [-0.25, -0.2) is 0 Å². The minimum absolute atomic E-state index is 0.0252. The van der Waals surface area contributed by atoms with Gasteiger partial charge < -0.3 is 10.6 Å². The van der Waals surface area contributed by atoms with Crippen LogP contribution in [0.3, 0.4) is 0 Å². The zero-order valence-corrected chi connectivity index (χ0v) is 11.4.